The zero-order chi connectivity index (χ0) is 10.4. The summed E-state index contributed by atoms with van der Waals surface area (Å²) in [6, 6.07) is 5.67. The van der Waals surface area contributed by atoms with Gasteiger partial charge in [0.05, 0.1) is 6.04 Å². The van der Waals surface area contributed by atoms with Crippen molar-refractivity contribution in [3.8, 4) is 5.75 Å². The molecule has 1 aromatic rings. The maximum absolute atomic E-state index is 13.0. The van der Waals surface area contributed by atoms with E-state index >= 15 is 0 Å². The van der Waals surface area contributed by atoms with Gasteiger partial charge in [0.15, 0.2) is 0 Å². The first-order valence-electron chi connectivity index (χ1n) is 5.46. The number of halogens is 1. The van der Waals surface area contributed by atoms with E-state index in [1.165, 1.54) is 25.0 Å². The Morgan fingerprint density at radius 3 is 2.93 bits per heavy atom. The Bertz CT molecular complexity index is 389. The molecule has 2 nitrogen and oxygen atoms in total. The van der Waals surface area contributed by atoms with Crippen molar-refractivity contribution in [1.82, 2.24) is 5.32 Å². The van der Waals surface area contributed by atoms with E-state index < -0.39 is 0 Å². The molecule has 3 rings (SSSR count). The highest BCUT2D eigenvalue weighted by molar-refractivity contribution is 5.41. The van der Waals surface area contributed by atoms with Crippen molar-refractivity contribution in [1.29, 1.82) is 0 Å². The summed E-state index contributed by atoms with van der Waals surface area (Å²) in [7, 11) is 0. The van der Waals surface area contributed by atoms with Crippen LogP contribution in [0.1, 0.15) is 31.4 Å². The number of nitrogens with one attached hydrogen (secondary N) is 1. The summed E-state index contributed by atoms with van der Waals surface area (Å²) in [6.45, 7) is 2.03. The number of ether oxygens (including phenoxy) is 1. The van der Waals surface area contributed by atoms with Gasteiger partial charge in [-0.25, -0.2) is 4.39 Å². The van der Waals surface area contributed by atoms with Gasteiger partial charge in [-0.3, -0.25) is 0 Å². The lowest BCUT2D eigenvalue weighted by Crippen LogP contribution is -2.30. The fourth-order valence-corrected chi connectivity index (χ4v) is 2.12. The number of rotatable bonds is 2. The van der Waals surface area contributed by atoms with Gasteiger partial charge in [0.2, 0.25) is 0 Å². The first-order valence-corrected chi connectivity index (χ1v) is 5.46. The van der Waals surface area contributed by atoms with E-state index in [1.54, 1.807) is 0 Å². The normalized spacial score (nSPS) is 28.7. The Morgan fingerprint density at radius 1 is 1.40 bits per heavy atom. The summed E-state index contributed by atoms with van der Waals surface area (Å²) in [4.78, 5) is 0. The van der Waals surface area contributed by atoms with Crippen molar-refractivity contribution in [2.45, 2.75) is 38.0 Å². The summed E-state index contributed by atoms with van der Waals surface area (Å²) in [5, 5.41) is 3.53. The fraction of sp³-hybridized carbons (Fsp3) is 0.500. The first kappa shape index (κ1) is 9.16. The monoisotopic (exact) mass is 207 g/mol. The highest BCUT2D eigenvalue weighted by Gasteiger charge is 2.35. The molecule has 2 atom stereocenters. The molecule has 0 radical (unpaired) electrons. The van der Waals surface area contributed by atoms with Crippen molar-refractivity contribution in [2.24, 2.45) is 0 Å². The van der Waals surface area contributed by atoms with E-state index in [9.17, 15) is 4.39 Å². The van der Waals surface area contributed by atoms with Crippen molar-refractivity contribution in [3.05, 3.63) is 29.6 Å². The van der Waals surface area contributed by atoms with Gasteiger partial charge < -0.3 is 10.1 Å². The van der Waals surface area contributed by atoms with Crippen LogP contribution < -0.4 is 10.1 Å². The number of hydrogen-bond donors (Lipinski definition) is 1. The average Bonchev–Trinajstić information content (AvgIpc) is 2.93. The summed E-state index contributed by atoms with van der Waals surface area (Å²) in [5.74, 6) is 0.466. The standard InChI is InChI=1S/C12H14FNO/c1-7-12(14-9-3-4-9)10-5-2-8(13)6-11(10)15-7/h2,5-7,9,12,14H,3-4H2,1H3. The van der Waals surface area contributed by atoms with Gasteiger partial charge in [-0.15, -0.1) is 0 Å². The van der Waals surface area contributed by atoms with Gasteiger partial charge >= 0.3 is 0 Å². The molecule has 1 fully saturated rings. The molecule has 2 unspecified atom stereocenters. The molecule has 0 bridgehead atoms. The maximum atomic E-state index is 13.0. The molecule has 1 aliphatic heterocycles. The fourth-order valence-electron chi connectivity index (χ4n) is 2.12. The van der Waals surface area contributed by atoms with Crippen LogP contribution in [0.5, 0.6) is 5.75 Å². The molecule has 15 heavy (non-hydrogen) atoms. The molecule has 0 amide bonds. The Labute approximate surface area is 88.4 Å². The predicted octanol–water partition coefficient (Wildman–Crippen LogP) is 2.40. The second-order valence-electron chi connectivity index (χ2n) is 4.42. The topological polar surface area (TPSA) is 21.3 Å². The van der Waals surface area contributed by atoms with E-state index in [2.05, 4.69) is 5.32 Å². The van der Waals surface area contributed by atoms with E-state index in [4.69, 9.17) is 4.74 Å². The van der Waals surface area contributed by atoms with Crippen LogP contribution in [0.4, 0.5) is 4.39 Å². The van der Waals surface area contributed by atoms with Gasteiger partial charge in [-0.2, -0.15) is 0 Å². The van der Waals surface area contributed by atoms with Gasteiger partial charge in [0, 0.05) is 17.7 Å². The molecule has 1 saturated carbocycles. The van der Waals surface area contributed by atoms with E-state index in [-0.39, 0.29) is 18.0 Å². The smallest absolute Gasteiger partial charge is 0.127 e. The molecule has 80 valence electrons. The minimum atomic E-state index is -0.229. The van der Waals surface area contributed by atoms with Crippen LogP contribution in [0.25, 0.3) is 0 Å². The van der Waals surface area contributed by atoms with Crippen molar-refractivity contribution >= 4 is 0 Å². The molecular weight excluding hydrogens is 193 g/mol. The summed E-state index contributed by atoms with van der Waals surface area (Å²) in [5.41, 5.74) is 1.09. The van der Waals surface area contributed by atoms with Gasteiger partial charge in [0.25, 0.3) is 0 Å². The first-order chi connectivity index (χ1) is 7.24. The highest BCUT2D eigenvalue weighted by Crippen LogP contribution is 2.38. The Kier molecular flexibility index (Phi) is 1.96. The lowest BCUT2D eigenvalue weighted by Gasteiger charge is -2.16. The van der Waals surface area contributed by atoms with Crippen LogP contribution in [-0.2, 0) is 0 Å². The van der Waals surface area contributed by atoms with Gasteiger partial charge in [0.1, 0.15) is 17.7 Å². The van der Waals surface area contributed by atoms with E-state index in [0.717, 1.165) is 5.56 Å². The summed E-state index contributed by atoms with van der Waals surface area (Å²) in [6.07, 6.45) is 2.60. The highest BCUT2D eigenvalue weighted by atomic mass is 19.1. The minimum Gasteiger partial charge on any atom is -0.488 e. The molecule has 3 heteroatoms. The zero-order valence-electron chi connectivity index (χ0n) is 8.66. The Hall–Kier alpha value is -1.09. The molecule has 2 aliphatic rings. The van der Waals surface area contributed by atoms with Crippen LogP contribution >= 0.6 is 0 Å². The Morgan fingerprint density at radius 2 is 2.20 bits per heavy atom. The lowest BCUT2D eigenvalue weighted by molar-refractivity contribution is 0.208. The predicted molar refractivity (Wildman–Crippen MR) is 55.4 cm³/mol. The summed E-state index contributed by atoms with van der Waals surface area (Å²) < 4.78 is 18.6. The van der Waals surface area contributed by atoms with Crippen LogP contribution in [0.15, 0.2) is 18.2 Å². The quantitative estimate of drug-likeness (QED) is 0.804. The van der Waals surface area contributed by atoms with E-state index in [0.29, 0.717) is 11.8 Å². The van der Waals surface area contributed by atoms with Crippen molar-refractivity contribution in [3.63, 3.8) is 0 Å². The van der Waals surface area contributed by atoms with Gasteiger partial charge in [-0.1, -0.05) is 6.07 Å². The van der Waals surface area contributed by atoms with Crippen molar-refractivity contribution < 1.29 is 9.13 Å². The third kappa shape index (κ3) is 1.61. The minimum absolute atomic E-state index is 0.0994. The number of hydrogen-bond acceptors (Lipinski definition) is 2. The van der Waals surface area contributed by atoms with Crippen LogP contribution in [-0.4, -0.2) is 12.1 Å². The van der Waals surface area contributed by atoms with Crippen LogP contribution in [0.2, 0.25) is 0 Å². The largest absolute Gasteiger partial charge is 0.488 e. The SMILES string of the molecule is CC1Oc2cc(F)ccc2C1NC1CC1. The molecule has 0 aromatic heterocycles. The molecule has 1 heterocycles. The molecular formula is C12H14FNO. The van der Waals surface area contributed by atoms with Gasteiger partial charge in [-0.05, 0) is 25.8 Å². The maximum Gasteiger partial charge on any atom is 0.127 e. The molecule has 1 aromatic carbocycles. The zero-order valence-corrected chi connectivity index (χ0v) is 8.66. The lowest BCUT2D eigenvalue weighted by atomic mass is 10.0. The second kappa shape index (κ2) is 3.20. The van der Waals surface area contributed by atoms with Crippen LogP contribution in [0.3, 0.4) is 0 Å². The summed E-state index contributed by atoms with van der Waals surface area (Å²) >= 11 is 0. The third-order valence-electron chi connectivity index (χ3n) is 3.09. The third-order valence-corrected chi connectivity index (χ3v) is 3.09. The average molecular weight is 207 g/mol. The number of benzene rings is 1. The molecule has 0 saturated heterocycles. The second-order valence-corrected chi connectivity index (χ2v) is 4.42. The van der Waals surface area contributed by atoms with Crippen molar-refractivity contribution in [2.75, 3.05) is 0 Å². The van der Waals surface area contributed by atoms with E-state index in [1.807, 2.05) is 13.0 Å². The Balaban J connectivity index is 1.90. The van der Waals surface area contributed by atoms with Crippen LogP contribution in [0, 0.1) is 5.82 Å². The number of fused-ring (bicyclic) bond motifs is 1. The molecule has 1 aliphatic carbocycles. The molecule has 1 N–H and O–H groups in total. The molecule has 0 spiro atoms.